The molecule has 0 aromatic rings. The zero-order valence-corrected chi connectivity index (χ0v) is 13.8. The molecule has 0 aromatic carbocycles. The molecule has 122 valence electrons. The molecule has 0 amide bonds. The first kappa shape index (κ1) is 16.7. The number of piperazine rings is 1. The van der Waals surface area contributed by atoms with Gasteiger partial charge in [0.25, 0.3) is 0 Å². The quantitative estimate of drug-likeness (QED) is 0.611. The number of hydrogen-bond acceptors (Lipinski definition) is 6. The summed E-state index contributed by atoms with van der Waals surface area (Å²) in [5.74, 6) is -0.0872. The van der Waals surface area contributed by atoms with Crippen LogP contribution >= 0.6 is 0 Å². The predicted molar refractivity (Wildman–Crippen MR) is 83.4 cm³/mol. The largest absolute Gasteiger partial charge is 0.463 e. The first-order chi connectivity index (χ1) is 10.0. The lowest BCUT2D eigenvalue weighted by Gasteiger charge is -2.36. The summed E-state index contributed by atoms with van der Waals surface area (Å²) in [6.45, 7) is 8.36. The maximum absolute atomic E-state index is 11.8. The van der Waals surface area contributed by atoms with Crippen LogP contribution in [0.25, 0.3) is 0 Å². The molecular weight excluding hydrogens is 268 g/mol. The van der Waals surface area contributed by atoms with Crippen LogP contribution in [0.2, 0.25) is 0 Å². The van der Waals surface area contributed by atoms with E-state index >= 15 is 0 Å². The molecule has 0 aromatic heterocycles. The van der Waals surface area contributed by atoms with Crippen LogP contribution < -0.4 is 0 Å². The average Bonchev–Trinajstić information content (AvgIpc) is 2.87. The molecule has 2 rings (SSSR count). The Bertz CT molecular complexity index is 330. The molecule has 2 aliphatic heterocycles. The Morgan fingerprint density at radius 1 is 1.19 bits per heavy atom. The van der Waals surface area contributed by atoms with Crippen LogP contribution in [0.4, 0.5) is 0 Å². The minimum atomic E-state index is -0.0872. The molecule has 1 atom stereocenters. The number of likely N-dealkylation sites (N-methyl/N-ethyl adjacent to an activating group) is 2. The molecule has 2 saturated heterocycles. The molecule has 1 unspecified atom stereocenters. The minimum absolute atomic E-state index is 0.0872. The second-order valence-electron chi connectivity index (χ2n) is 6.54. The van der Waals surface area contributed by atoms with Crippen LogP contribution in [0.3, 0.4) is 0 Å². The number of nitrogens with zero attached hydrogens (tertiary/aromatic N) is 4. The maximum Gasteiger partial charge on any atom is 0.320 e. The Morgan fingerprint density at radius 2 is 1.90 bits per heavy atom. The van der Waals surface area contributed by atoms with Crippen LogP contribution in [-0.4, -0.2) is 112 Å². The third-order valence-corrected chi connectivity index (χ3v) is 4.46. The topological polar surface area (TPSA) is 39.3 Å². The van der Waals surface area contributed by atoms with Crippen molar-refractivity contribution in [3.8, 4) is 0 Å². The Kier molecular flexibility index (Phi) is 6.41. The van der Waals surface area contributed by atoms with Crippen LogP contribution in [0.15, 0.2) is 0 Å². The van der Waals surface area contributed by atoms with E-state index in [-0.39, 0.29) is 5.97 Å². The standard InChI is InChI=1S/C15H30N4O2/c1-16(2)10-11-21-15(20)13-18-5-4-14(12-18)19-8-6-17(3)7-9-19/h14H,4-13H2,1-3H3. The second-order valence-corrected chi connectivity index (χ2v) is 6.54. The van der Waals surface area contributed by atoms with Crippen LogP contribution in [0, 0.1) is 0 Å². The van der Waals surface area contributed by atoms with E-state index in [1.165, 1.54) is 6.42 Å². The Morgan fingerprint density at radius 3 is 2.57 bits per heavy atom. The highest BCUT2D eigenvalue weighted by atomic mass is 16.5. The summed E-state index contributed by atoms with van der Waals surface area (Å²) in [5, 5.41) is 0. The molecule has 6 nitrogen and oxygen atoms in total. The van der Waals surface area contributed by atoms with Gasteiger partial charge in [0.15, 0.2) is 0 Å². The number of esters is 1. The van der Waals surface area contributed by atoms with Crippen molar-refractivity contribution < 1.29 is 9.53 Å². The number of carbonyl (C=O) groups excluding carboxylic acids is 1. The van der Waals surface area contributed by atoms with E-state index in [4.69, 9.17) is 4.74 Å². The molecule has 2 fully saturated rings. The van der Waals surface area contributed by atoms with Gasteiger partial charge in [-0.3, -0.25) is 14.6 Å². The van der Waals surface area contributed by atoms with Crippen molar-refractivity contribution in [2.75, 3.05) is 80.1 Å². The minimum Gasteiger partial charge on any atom is -0.463 e. The fourth-order valence-corrected chi connectivity index (χ4v) is 3.01. The number of rotatable bonds is 6. The molecule has 0 N–H and O–H groups in total. The lowest BCUT2D eigenvalue weighted by Crippen LogP contribution is -2.49. The van der Waals surface area contributed by atoms with Crippen molar-refractivity contribution in [1.82, 2.24) is 19.6 Å². The lowest BCUT2D eigenvalue weighted by atomic mass is 10.2. The maximum atomic E-state index is 11.8. The SMILES string of the molecule is CN(C)CCOC(=O)CN1CCC(N2CCN(C)CC2)C1. The van der Waals surface area contributed by atoms with Gasteiger partial charge in [0.1, 0.15) is 6.61 Å². The third-order valence-electron chi connectivity index (χ3n) is 4.46. The van der Waals surface area contributed by atoms with Crippen molar-refractivity contribution in [2.45, 2.75) is 12.5 Å². The van der Waals surface area contributed by atoms with E-state index in [2.05, 4.69) is 21.7 Å². The van der Waals surface area contributed by atoms with E-state index < -0.39 is 0 Å². The van der Waals surface area contributed by atoms with E-state index in [0.717, 1.165) is 45.8 Å². The van der Waals surface area contributed by atoms with Crippen LogP contribution in [0.1, 0.15) is 6.42 Å². The van der Waals surface area contributed by atoms with Crippen molar-refractivity contribution in [3.05, 3.63) is 0 Å². The average molecular weight is 298 g/mol. The monoisotopic (exact) mass is 298 g/mol. The van der Waals surface area contributed by atoms with Crippen molar-refractivity contribution in [2.24, 2.45) is 0 Å². The number of ether oxygens (including phenoxy) is 1. The van der Waals surface area contributed by atoms with Crippen LogP contribution in [-0.2, 0) is 9.53 Å². The highest BCUT2D eigenvalue weighted by molar-refractivity contribution is 5.71. The molecule has 21 heavy (non-hydrogen) atoms. The molecule has 0 aliphatic carbocycles. The summed E-state index contributed by atoms with van der Waals surface area (Å²) in [6.07, 6.45) is 1.18. The van der Waals surface area contributed by atoms with Crippen LogP contribution in [0.5, 0.6) is 0 Å². The fourth-order valence-electron chi connectivity index (χ4n) is 3.01. The zero-order chi connectivity index (χ0) is 15.2. The normalized spacial score (nSPS) is 25.6. The molecule has 2 aliphatic rings. The second kappa shape index (κ2) is 8.08. The van der Waals surface area contributed by atoms with Gasteiger partial charge in [-0.25, -0.2) is 0 Å². The Labute approximate surface area is 128 Å². The van der Waals surface area contributed by atoms with Gasteiger partial charge in [-0.2, -0.15) is 0 Å². The Hall–Kier alpha value is -0.690. The summed E-state index contributed by atoms with van der Waals surface area (Å²) < 4.78 is 5.27. The van der Waals surface area contributed by atoms with Gasteiger partial charge in [-0.15, -0.1) is 0 Å². The van der Waals surface area contributed by atoms with E-state index in [9.17, 15) is 4.79 Å². The van der Waals surface area contributed by atoms with Gasteiger partial charge in [0.05, 0.1) is 6.54 Å². The first-order valence-electron chi connectivity index (χ1n) is 8.00. The van der Waals surface area contributed by atoms with Gasteiger partial charge in [-0.1, -0.05) is 0 Å². The molecule has 2 heterocycles. The number of hydrogen-bond donors (Lipinski definition) is 0. The van der Waals surface area contributed by atoms with E-state index in [1.54, 1.807) is 0 Å². The highest BCUT2D eigenvalue weighted by Gasteiger charge is 2.30. The molecular formula is C15H30N4O2. The highest BCUT2D eigenvalue weighted by Crippen LogP contribution is 2.17. The molecule has 0 saturated carbocycles. The summed E-state index contributed by atoms with van der Waals surface area (Å²) in [7, 11) is 6.14. The molecule has 0 bridgehead atoms. The van der Waals surface area contributed by atoms with Crippen molar-refractivity contribution >= 4 is 5.97 Å². The van der Waals surface area contributed by atoms with Gasteiger partial charge in [0, 0.05) is 51.9 Å². The predicted octanol–water partition coefficient (Wildman–Crippen LogP) is -0.587. The van der Waals surface area contributed by atoms with Gasteiger partial charge < -0.3 is 14.5 Å². The number of likely N-dealkylation sites (tertiary alicyclic amines) is 1. The van der Waals surface area contributed by atoms with Gasteiger partial charge >= 0.3 is 5.97 Å². The van der Waals surface area contributed by atoms with Crippen molar-refractivity contribution in [3.63, 3.8) is 0 Å². The Balaban J connectivity index is 1.64. The summed E-state index contributed by atoms with van der Waals surface area (Å²) >= 11 is 0. The summed E-state index contributed by atoms with van der Waals surface area (Å²) in [5.41, 5.74) is 0. The molecule has 0 spiro atoms. The first-order valence-corrected chi connectivity index (χ1v) is 8.00. The van der Waals surface area contributed by atoms with Crippen molar-refractivity contribution in [1.29, 1.82) is 0 Å². The van der Waals surface area contributed by atoms with E-state index in [0.29, 0.717) is 19.2 Å². The fraction of sp³-hybridized carbons (Fsp3) is 0.933. The summed E-state index contributed by atoms with van der Waals surface area (Å²) in [4.78, 5) is 21.0. The van der Waals surface area contributed by atoms with Gasteiger partial charge in [0.2, 0.25) is 0 Å². The van der Waals surface area contributed by atoms with Gasteiger partial charge in [-0.05, 0) is 27.6 Å². The lowest BCUT2D eigenvalue weighted by molar-refractivity contribution is -0.145. The van der Waals surface area contributed by atoms with E-state index in [1.807, 2.05) is 19.0 Å². The smallest absolute Gasteiger partial charge is 0.320 e. The number of carbonyl (C=O) groups is 1. The zero-order valence-electron chi connectivity index (χ0n) is 13.8. The molecule has 0 radical (unpaired) electrons. The molecule has 6 heteroatoms. The third kappa shape index (κ3) is 5.54. The summed E-state index contributed by atoms with van der Waals surface area (Å²) in [6, 6.07) is 0.619.